The third kappa shape index (κ3) is 3.95. The molecule has 72 valence electrons. The Morgan fingerprint density at radius 1 is 1.33 bits per heavy atom. The van der Waals surface area contributed by atoms with E-state index in [0.29, 0.717) is 5.25 Å². The Morgan fingerprint density at radius 2 is 1.92 bits per heavy atom. The molecule has 0 saturated heterocycles. The van der Waals surface area contributed by atoms with Crippen molar-refractivity contribution in [3.05, 3.63) is 0 Å². The van der Waals surface area contributed by atoms with Gasteiger partial charge < -0.3 is 0 Å². The van der Waals surface area contributed by atoms with Crippen molar-refractivity contribution in [2.45, 2.75) is 36.3 Å². The summed E-state index contributed by atoms with van der Waals surface area (Å²) in [4.78, 5) is 0. The molecule has 2 unspecified atom stereocenters. The van der Waals surface area contributed by atoms with Crippen molar-refractivity contribution in [2.75, 3.05) is 0 Å². The van der Waals surface area contributed by atoms with E-state index in [1.165, 1.54) is 24.2 Å². The molecule has 1 aliphatic rings. The summed E-state index contributed by atoms with van der Waals surface area (Å²) >= 11 is 12.7. The van der Waals surface area contributed by atoms with E-state index in [1.54, 1.807) is 0 Å². The van der Waals surface area contributed by atoms with Crippen LogP contribution >= 0.6 is 28.5 Å². The van der Waals surface area contributed by atoms with Crippen LogP contribution in [0.1, 0.15) is 25.7 Å². The van der Waals surface area contributed by atoms with Gasteiger partial charge in [0.2, 0.25) is 0 Å². The summed E-state index contributed by atoms with van der Waals surface area (Å²) in [5, 5.41) is 0.611. The summed E-state index contributed by atoms with van der Waals surface area (Å²) in [6, 6.07) is 0. The normalized spacial score (nSPS) is 31.9. The first kappa shape index (κ1) is 11.3. The Labute approximate surface area is 87.6 Å². The minimum Gasteiger partial charge on any atom is -0.283 e. The summed E-state index contributed by atoms with van der Waals surface area (Å²) < 4.78 is 0. The van der Waals surface area contributed by atoms with Crippen molar-refractivity contribution < 1.29 is 0 Å². The van der Waals surface area contributed by atoms with Crippen LogP contribution in [0.5, 0.6) is 0 Å². The van der Waals surface area contributed by atoms with Crippen LogP contribution < -0.4 is 11.0 Å². The maximum atomic E-state index is 6.13. The van der Waals surface area contributed by atoms with Gasteiger partial charge >= 0.3 is 0 Å². The van der Waals surface area contributed by atoms with Crippen molar-refractivity contribution in [3.8, 4) is 0 Å². The Balaban J connectivity index is 2.44. The molecule has 2 atom stereocenters. The van der Waals surface area contributed by atoms with Crippen LogP contribution in [0.15, 0.2) is 0 Å². The van der Waals surface area contributed by atoms with Gasteiger partial charge in [-0.1, -0.05) is 36.0 Å². The monoisotopic (exact) mass is 244 g/mol. The summed E-state index contributed by atoms with van der Waals surface area (Å²) in [6.07, 6.45) is 4.65. The first-order valence-electron chi connectivity index (χ1n) is 3.99. The Kier molecular flexibility index (Phi) is 4.35. The number of hydrogen-bond donors (Lipinski definition) is 2. The third-order valence-corrected chi connectivity index (χ3v) is 6.33. The number of halogens is 1. The summed E-state index contributed by atoms with van der Waals surface area (Å²) in [6.45, 7) is 0. The average Bonchev–Trinajstić information content (AvgIpc) is 1.91. The second-order valence-electron chi connectivity index (χ2n) is 3.09. The van der Waals surface area contributed by atoms with Crippen LogP contribution in [-0.2, 0) is 11.8 Å². The maximum absolute atomic E-state index is 6.13. The van der Waals surface area contributed by atoms with Crippen molar-refractivity contribution in [1.82, 2.24) is 0 Å². The van der Waals surface area contributed by atoms with Gasteiger partial charge in [0.25, 0.3) is 0 Å². The van der Waals surface area contributed by atoms with Gasteiger partial charge in [-0.05, 0) is 12.8 Å². The number of hydrogen-bond acceptors (Lipinski definition) is 2. The second-order valence-corrected chi connectivity index (χ2v) is 10.7. The number of rotatable bonds is 2. The highest BCUT2D eigenvalue weighted by molar-refractivity contribution is 8.69. The van der Waals surface area contributed by atoms with Crippen LogP contribution in [0.3, 0.4) is 0 Å². The third-order valence-electron chi connectivity index (χ3n) is 1.92. The van der Waals surface area contributed by atoms with E-state index in [0.717, 1.165) is 12.8 Å². The molecule has 0 bridgehead atoms. The Hall–Kier alpha value is 1.21. The lowest BCUT2D eigenvalue weighted by Crippen LogP contribution is -2.23. The highest BCUT2D eigenvalue weighted by Gasteiger charge is 2.26. The Bertz CT molecular complexity index is 196. The predicted molar refractivity (Wildman–Crippen MR) is 62.1 cm³/mol. The standard InChI is InChI=1S/C6H14ClN2PS2/c7-5-3-1-2-4-6(5)12-10(8,9)11/h5-6H,1-4H2,(H4,8,9,11). The van der Waals surface area contributed by atoms with E-state index < -0.39 is 5.54 Å². The summed E-state index contributed by atoms with van der Waals surface area (Å²) in [5.41, 5.74) is 9.17. The van der Waals surface area contributed by atoms with Gasteiger partial charge in [0.1, 0.15) is 5.54 Å². The van der Waals surface area contributed by atoms with E-state index >= 15 is 0 Å². The molecule has 0 heterocycles. The molecule has 0 aliphatic heterocycles. The highest BCUT2D eigenvalue weighted by atomic mass is 35.5. The molecule has 1 rings (SSSR count). The van der Waals surface area contributed by atoms with Gasteiger partial charge in [0.05, 0.1) is 0 Å². The van der Waals surface area contributed by atoms with Gasteiger partial charge in [-0.3, -0.25) is 11.0 Å². The zero-order valence-corrected chi connectivity index (χ0v) is 10.1. The molecule has 0 aromatic carbocycles. The second kappa shape index (κ2) is 4.63. The molecule has 0 aromatic rings. The average molecular weight is 245 g/mol. The fraction of sp³-hybridized carbons (Fsp3) is 1.00. The topological polar surface area (TPSA) is 52.0 Å². The predicted octanol–water partition coefficient (Wildman–Crippen LogP) is 2.41. The molecule has 1 fully saturated rings. The quantitative estimate of drug-likeness (QED) is 0.579. The van der Waals surface area contributed by atoms with Gasteiger partial charge in [-0.25, -0.2) is 0 Å². The zero-order valence-electron chi connectivity index (χ0n) is 6.78. The molecular formula is C6H14ClN2PS2. The molecule has 0 radical (unpaired) electrons. The minimum absolute atomic E-state index is 0.221. The van der Waals surface area contributed by atoms with Crippen LogP contribution in [0.2, 0.25) is 0 Å². The summed E-state index contributed by atoms with van der Waals surface area (Å²) in [7, 11) is 0. The van der Waals surface area contributed by atoms with E-state index in [9.17, 15) is 0 Å². The molecular weight excluding hydrogens is 231 g/mol. The van der Waals surface area contributed by atoms with Crippen LogP contribution in [0.25, 0.3) is 0 Å². The molecule has 0 aromatic heterocycles. The van der Waals surface area contributed by atoms with Gasteiger partial charge in [0.15, 0.2) is 0 Å². The fourth-order valence-corrected chi connectivity index (χ4v) is 6.02. The maximum Gasteiger partial charge on any atom is 0.122 e. The molecule has 6 heteroatoms. The van der Waals surface area contributed by atoms with E-state index in [1.807, 2.05) is 0 Å². The lowest BCUT2D eigenvalue weighted by Gasteiger charge is -2.28. The van der Waals surface area contributed by atoms with Crippen molar-refractivity contribution in [1.29, 1.82) is 0 Å². The largest absolute Gasteiger partial charge is 0.283 e. The van der Waals surface area contributed by atoms with Crippen molar-refractivity contribution >= 4 is 40.3 Å². The van der Waals surface area contributed by atoms with E-state index in [2.05, 4.69) is 0 Å². The molecule has 12 heavy (non-hydrogen) atoms. The van der Waals surface area contributed by atoms with Gasteiger partial charge in [-0.15, -0.1) is 11.6 Å². The summed E-state index contributed by atoms with van der Waals surface area (Å²) in [5.74, 6) is 0. The first-order valence-corrected chi connectivity index (χ1v) is 8.85. The molecule has 1 saturated carbocycles. The smallest absolute Gasteiger partial charge is 0.122 e. The fourth-order valence-electron chi connectivity index (χ4n) is 1.38. The first-order chi connectivity index (χ1) is 5.49. The molecule has 4 N–H and O–H groups in total. The van der Waals surface area contributed by atoms with Crippen LogP contribution in [0, 0.1) is 0 Å². The van der Waals surface area contributed by atoms with Crippen LogP contribution in [-0.4, -0.2) is 10.6 Å². The molecule has 0 amide bonds. The van der Waals surface area contributed by atoms with Crippen molar-refractivity contribution in [3.63, 3.8) is 0 Å². The van der Waals surface area contributed by atoms with E-state index in [4.69, 9.17) is 34.4 Å². The van der Waals surface area contributed by atoms with Crippen LogP contribution in [0.4, 0.5) is 0 Å². The SMILES string of the molecule is NP(N)(=S)SC1CCCCC1Cl. The molecule has 1 aliphatic carbocycles. The van der Waals surface area contributed by atoms with Gasteiger partial charge in [-0.2, -0.15) is 0 Å². The lowest BCUT2D eigenvalue weighted by atomic mass is 10.00. The Morgan fingerprint density at radius 3 is 2.42 bits per heavy atom. The lowest BCUT2D eigenvalue weighted by molar-refractivity contribution is 0.524. The number of nitrogens with two attached hydrogens (primary N) is 2. The molecule has 2 nitrogen and oxygen atoms in total. The van der Waals surface area contributed by atoms with Gasteiger partial charge in [0, 0.05) is 10.6 Å². The molecule has 0 spiro atoms. The van der Waals surface area contributed by atoms with Crippen molar-refractivity contribution in [2.24, 2.45) is 11.0 Å². The highest BCUT2D eigenvalue weighted by Crippen LogP contribution is 2.50. The minimum atomic E-state index is -2.11. The number of alkyl halides is 1. The zero-order chi connectivity index (χ0) is 9.19. The van der Waals surface area contributed by atoms with E-state index in [-0.39, 0.29) is 5.38 Å².